The largest absolute Gasteiger partial charge is 0.493 e. The number of nitrogens with zero attached hydrogens (tertiary/aromatic N) is 2. The van der Waals surface area contributed by atoms with Gasteiger partial charge in [0.2, 0.25) is 5.75 Å². The minimum absolute atomic E-state index is 0.540. The Kier molecular flexibility index (Phi) is 4.42. The molecule has 2 aromatic carbocycles. The predicted molar refractivity (Wildman–Crippen MR) is 105 cm³/mol. The standard InChI is InChI=1S/C20H20N4O3/c1-25-15-8-12(9-16(26-2)19(15)27-3)10-21-20-18-17(22-11-23-20)13-6-4-5-7-14(13)24-18/h4-9,11,24H,10H2,1-3H3,(H,21,22,23). The Morgan fingerprint density at radius 2 is 1.70 bits per heavy atom. The van der Waals surface area contributed by atoms with Crippen molar-refractivity contribution in [3.63, 3.8) is 0 Å². The number of hydrogen-bond donors (Lipinski definition) is 2. The minimum Gasteiger partial charge on any atom is -0.493 e. The van der Waals surface area contributed by atoms with E-state index in [0.717, 1.165) is 33.3 Å². The fraction of sp³-hybridized carbons (Fsp3) is 0.200. The number of H-pyrrole nitrogens is 1. The molecule has 0 atom stereocenters. The van der Waals surface area contributed by atoms with E-state index in [2.05, 4.69) is 20.3 Å². The second-order valence-corrected chi connectivity index (χ2v) is 6.00. The number of benzene rings is 2. The van der Waals surface area contributed by atoms with E-state index >= 15 is 0 Å². The number of nitrogens with one attached hydrogen (secondary N) is 2. The molecule has 0 saturated carbocycles. The SMILES string of the molecule is COc1cc(CNc2ncnc3c2[nH]c2ccccc23)cc(OC)c1OC. The summed E-state index contributed by atoms with van der Waals surface area (Å²) in [5.41, 5.74) is 3.79. The first-order valence-corrected chi connectivity index (χ1v) is 8.49. The van der Waals surface area contributed by atoms with Crippen LogP contribution >= 0.6 is 0 Å². The normalized spacial score (nSPS) is 10.9. The van der Waals surface area contributed by atoms with Crippen molar-refractivity contribution in [3.05, 3.63) is 48.3 Å². The zero-order valence-electron chi connectivity index (χ0n) is 15.4. The van der Waals surface area contributed by atoms with E-state index in [4.69, 9.17) is 14.2 Å². The lowest BCUT2D eigenvalue weighted by Crippen LogP contribution is -2.04. The van der Waals surface area contributed by atoms with Gasteiger partial charge in [0.15, 0.2) is 17.3 Å². The molecule has 138 valence electrons. The third kappa shape index (κ3) is 2.97. The van der Waals surface area contributed by atoms with Crippen LogP contribution in [0.1, 0.15) is 5.56 Å². The summed E-state index contributed by atoms with van der Waals surface area (Å²) in [5, 5.41) is 4.45. The zero-order chi connectivity index (χ0) is 18.8. The quantitative estimate of drug-likeness (QED) is 0.542. The van der Waals surface area contributed by atoms with Crippen LogP contribution in [0.15, 0.2) is 42.7 Å². The predicted octanol–water partition coefficient (Wildman–Crippen LogP) is 3.75. The van der Waals surface area contributed by atoms with Crippen molar-refractivity contribution in [2.45, 2.75) is 6.54 Å². The van der Waals surface area contributed by atoms with Gasteiger partial charge >= 0.3 is 0 Å². The molecule has 0 unspecified atom stereocenters. The highest BCUT2D eigenvalue weighted by atomic mass is 16.5. The molecule has 0 radical (unpaired) electrons. The summed E-state index contributed by atoms with van der Waals surface area (Å²) >= 11 is 0. The van der Waals surface area contributed by atoms with E-state index in [1.807, 2.05) is 36.4 Å². The number of fused-ring (bicyclic) bond motifs is 3. The van der Waals surface area contributed by atoms with E-state index in [0.29, 0.717) is 23.8 Å². The third-order valence-corrected chi connectivity index (χ3v) is 4.47. The highest BCUT2D eigenvalue weighted by Gasteiger charge is 2.14. The van der Waals surface area contributed by atoms with Gasteiger partial charge in [-0.25, -0.2) is 9.97 Å². The third-order valence-electron chi connectivity index (χ3n) is 4.47. The van der Waals surface area contributed by atoms with E-state index in [1.165, 1.54) is 0 Å². The summed E-state index contributed by atoms with van der Waals surface area (Å²) in [4.78, 5) is 12.2. The van der Waals surface area contributed by atoms with Crippen LogP contribution in [-0.2, 0) is 6.54 Å². The molecule has 7 heteroatoms. The molecular weight excluding hydrogens is 344 g/mol. The monoisotopic (exact) mass is 364 g/mol. The topological polar surface area (TPSA) is 81.3 Å². The Hall–Kier alpha value is -3.48. The van der Waals surface area contributed by atoms with Crippen LogP contribution in [0.3, 0.4) is 0 Å². The van der Waals surface area contributed by atoms with Gasteiger partial charge in [-0.2, -0.15) is 0 Å². The second-order valence-electron chi connectivity index (χ2n) is 6.00. The summed E-state index contributed by atoms with van der Waals surface area (Å²) in [6, 6.07) is 11.9. The number of ether oxygens (including phenoxy) is 3. The Morgan fingerprint density at radius 1 is 0.963 bits per heavy atom. The summed E-state index contributed by atoms with van der Waals surface area (Å²) < 4.78 is 16.2. The Balaban J connectivity index is 1.68. The van der Waals surface area contributed by atoms with E-state index < -0.39 is 0 Å². The fourth-order valence-corrected chi connectivity index (χ4v) is 3.20. The molecule has 0 saturated heterocycles. The fourth-order valence-electron chi connectivity index (χ4n) is 3.20. The second kappa shape index (κ2) is 7.03. The minimum atomic E-state index is 0.540. The summed E-state index contributed by atoms with van der Waals surface area (Å²) in [6.07, 6.45) is 1.57. The van der Waals surface area contributed by atoms with Gasteiger partial charge in [0.25, 0.3) is 0 Å². The number of methoxy groups -OCH3 is 3. The summed E-state index contributed by atoms with van der Waals surface area (Å²) in [6.45, 7) is 0.540. The van der Waals surface area contributed by atoms with Gasteiger partial charge in [-0.1, -0.05) is 18.2 Å². The Bertz CT molecular complexity index is 1080. The summed E-state index contributed by atoms with van der Waals surface area (Å²) in [7, 11) is 4.80. The van der Waals surface area contributed by atoms with Gasteiger partial charge in [-0.15, -0.1) is 0 Å². The number of rotatable bonds is 6. The van der Waals surface area contributed by atoms with Crippen LogP contribution < -0.4 is 19.5 Å². The average molecular weight is 364 g/mol. The number of hydrogen-bond acceptors (Lipinski definition) is 6. The maximum atomic E-state index is 5.42. The van der Waals surface area contributed by atoms with Crippen molar-refractivity contribution in [3.8, 4) is 17.2 Å². The van der Waals surface area contributed by atoms with Crippen LogP contribution in [0.5, 0.6) is 17.2 Å². The molecule has 2 N–H and O–H groups in total. The van der Waals surface area contributed by atoms with Crippen LogP contribution in [0.25, 0.3) is 21.9 Å². The molecule has 0 aliphatic heterocycles. The molecule has 0 aliphatic rings. The lowest BCUT2D eigenvalue weighted by atomic mass is 10.1. The van der Waals surface area contributed by atoms with Gasteiger partial charge in [0.05, 0.1) is 21.3 Å². The number of para-hydroxylation sites is 1. The molecular formula is C20H20N4O3. The lowest BCUT2D eigenvalue weighted by molar-refractivity contribution is 0.324. The van der Waals surface area contributed by atoms with Gasteiger partial charge in [0.1, 0.15) is 17.4 Å². The first-order valence-electron chi connectivity index (χ1n) is 8.49. The van der Waals surface area contributed by atoms with Gasteiger partial charge in [-0.3, -0.25) is 0 Å². The average Bonchev–Trinajstić information content (AvgIpc) is 3.10. The Labute approximate surface area is 156 Å². The molecule has 4 aromatic rings. The number of aromatic nitrogens is 3. The van der Waals surface area contributed by atoms with Crippen molar-refractivity contribution in [2.75, 3.05) is 26.6 Å². The van der Waals surface area contributed by atoms with Crippen LogP contribution in [0, 0.1) is 0 Å². The molecule has 0 amide bonds. The molecule has 4 rings (SSSR count). The molecule has 2 aromatic heterocycles. The van der Waals surface area contributed by atoms with Crippen LogP contribution in [0.2, 0.25) is 0 Å². The molecule has 7 nitrogen and oxygen atoms in total. The van der Waals surface area contributed by atoms with Crippen molar-refractivity contribution < 1.29 is 14.2 Å². The van der Waals surface area contributed by atoms with Crippen molar-refractivity contribution in [2.24, 2.45) is 0 Å². The van der Waals surface area contributed by atoms with E-state index in [9.17, 15) is 0 Å². The summed E-state index contributed by atoms with van der Waals surface area (Å²) in [5.74, 6) is 2.55. The van der Waals surface area contributed by atoms with Crippen molar-refractivity contribution in [1.82, 2.24) is 15.0 Å². The van der Waals surface area contributed by atoms with Gasteiger partial charge < -0.3 is 24.5 Å². The Morgan fingerprint density at radius 3 is 2.41 bits per heavy atom. The van der Waals surface area contributed by atoms with Gasteiger partial charge in [-0.05, 0) is 23.8 Å². The molecule has 0 fully saturated rings. The van der Waals surface area contributed by atoms with E-state index in [-0.39, 0.29) is 0 Å². The first kappa shape index (κ1) is 17.0. The van der Waals surface area contributed by atoms with Crippen LogP contribution in [-0.4, -0.2) is 36.3 Å². The first-order chi connectivity index (χ1) is 13.2. The highest BCUT2D eigenvalue weighted by molar-refractivity contribution is 6.07. The number of anilines is 1. The van der Waals surface area contributed by atoms with Gasteiger partial charge in [0, 0.05) is 17.4 Å². The molecule has 0 spiro atoms. The molecule has 2 heterocycles. The molecule has 27 heavy (non-hydrogen) atoms. The van der Waals surface area contributed by atoms with Crippen molar-refractivity contribution in [1.29, 1.82) is 0 Å². The highest BCUT2D eigenvalue weighted by Crippen LogP contribution is 2.38. The molecule has 0 aliphatic carbocycles. The van der Waals surface area contributed by atoms with Crippen molar-refractivity contribution >= 4 is 27.8 Å². The maximum Gasteiger partial charge on any atom is 0.203 e. The smallest absolute Gasteiger partial charge is 0.203 e. The van der Waals surface area contributed by atoms with Crippen LogP contribution in [0.4, 0.5) is 5.82 Å². The zero-order valence-corrected chi connectivity index (χ0v) is 15.4. The number of aromatic amines is 1. The van der Waals surface area contributed by atoms with E-state index in [1.54, 1.807) is 27.7 Å². The maximum absolute atomic E-state index is 5.42. The lowest BCUT2D eigenvalue weighted by Gasteiger charge is -2.14. The molecule has 0 bridgehead atoms.